The lowest BCUT2D eigenvalue weighted by atomic mass is 10.0. The Morgan fingerprint density at radius 3 is 2.25 bits per heavy atom. The molecule has 2 aromatic carbocycles. The molecule has 2 aromatic heterocycles. The van der Waals surface area contributed by atoms with Crippen LogP contribution in [0.3, 0.4) is 0 Å². The number of rotatable bonds is 11. The Morgan fingerprint density at radius 2 is 1.61 bits per heavy atom. The number of unbranched alkanes of at least 4 members (excludes halogenated alkanes) is 1. The van der Waals surface area contributed by atoms with E-state index in [2.05, 4.69) is 54.9 Å². The Balaban J connectivity index is 1.58. The predicted molar refractivity (Wildman–Crippen MR) is 149 cm³/mol. The lowest BCUT2D eigenvalue weighted by molar-refractivity contribution is -0.137. The van der Waals surface area contributed by atoms with Gasteiger partial charge in [-0.1, -0.05) is 60.7 Å². The largest absolute Gasteiger partial charge is 0.468 e. The second-order valence-electron chi connectivity index (χ2n) is 8.99. The summed E-state index contributed by atoms with van der Waals surface area (Å²) >= 11 is 1.63. The van der Waals surface area contributed by atoms with E-state index in [1.807, 2.05) is 42.6 Å². The van der Waals surface area contributed by atoms with Gasteiger partial charge in [-0.25, -0.2) is 4.98 Å². The number of methoxy groups -OCH3 is 1. The Hall–Kier alpha value is -3.38. The van der Waals surface area contributed by atoms with E-state index >= 15 is 0 Å². The lowest BCUT2D eigenvalue weighted by Crippen LogP contribution is -2.05. The first kappa shape index (κ1) is 25.7. The lowest BCUT2D eigenvalue weighted by Gasteiger charge is -2.12. The van der Waals surface area contributed by atoms with Crippen LogP contribution in [0.1, 0.15) is 38.4 Å². The highest BCUT2D eigenvalue weighted by molar-refractivity contribution is 7.99. The number of aromatic nitrogens is 3. The summed E-state index contributed by atoms with van der Waals surface area (Å²) in [5, 5.41) is 0. The van der Waals surface area contributed by atoms with Crippen molar-refractivity contribution in [2.75, 3.05) is 18.6 Å². The van der Waals surface area contributed by atoms with Crippen molar-refractivity contribution in [3.8, 4) is 33.8 Å². The number of ether oxygens (including phenoxy) is 1. The van der Waals surface area contributed by atoms with Gasteiger partial charge < -0.3 is 9.30 Å². The Labute approximate surface area is 218 Å². The molecular formula is C30H33N3O2S. The summed E-state index contributed by atoms with van der Waals surface area (Å²) in [6.45, 7) is 4.41. The van der Waals surface area contributed by atoms with E-state index in [1.165, 1.54) is 12.8 Å². The maximum Gasteiger partial charge on any atom is 0.315 e. The van der Waals surface area contributed by atoms with Crippen molar-refractivity contribution in [1.82, 2.24) is 14.5 Å². The van der Waals surface area contributed by atoms with Crippen LogP contribution < -0.4 is 0 Å². The summed E-state index contributed by atoms with van der Waals surface area (Å²) in [6.07, 6.45) is 7.20. The maximum absolute atomic E-state index is 11.3. The van der Waals surface area contributed by atoms with E-state index in [9.17, 15) is 4.79 Å². The second kappa shape index (κ2) is 12.5. The van der Waals surface area contributed by atoms with Gasteiger partial charge in [0, 0.05) is 34.6 Å². The summed E-state index contributed by atoms with van der Waals surface area (Å²) in [4.78, 5) is 21.3. The molecule has 0 amide bonds. The number of esters is 1. The molecule has 0 radical (unpaired) electrons. The average Bonchev–Trinajstić information content (AvgIpc) is 3.36. The molecule has 0 spiro atoms. The van der Waals surface area contributed by atoms with Crippen LogP contribution in [-0.4, -0.2) is 39.1 Å². The van der Waals surface area contributed by atoms with Crippen molar-refractivity contribution in [2.45, 2.75) is 39.2 Å². The van der Waals surface area contributed by atoms with Crippen molar-refractivity contribution in [1.29, 1.82) is 0 Å². The smallest absolute Gasteiger partial charge is 0.315 e. The van der Waals surface area contributed by atoms with Crippen LogP contribution >= 0.6 is 11.8 Å². The zero-order chi connectivity index (χ0) is 25.3. The highest BCUT2D eigenvalue weighted by Gasteiger charge is 2.16. The molecule has 6 heteroatoms. The normalized spacial score (nSPS) is 11.1. The molecule has 0 saturated heterocycles. The third-order valence-corrected chi connectivity index (χ3v) is 7.09. The third-order valence-electron chi connectivity index (χ3n) is 6.07. The molecule has 0 fully saturated rings. The number of hydrogen-bond donors (Lipinski definition) is 0. The van der Waals surface area contributed by atoms with E-state index in [1.54, 1.807) is 11.8 Å². The Morgan fingerprint density at radius 1 is 0.944 bits per heavy atom. The summed E-state index contributed by atoms with van der Waals surface area (Å²) in [5.74, 6) is 1.22. The van der Waals surface area contributed by atoms with Crippen LogP contribution in [0, 0.1) is 0 Å². The highest BCUT2D eigenvalue weighted by Crippen LogP contribution is 2.32. The minimum Gasteiger partial charge on any atom is -0.468 e. The molecule has 186 valence electrons. The number of aryl methyl sites for hydroxylation is 1. The van der Waals surface area contributed by atoms with Crippen LogP contribution in [-0.2, 0) is 16.0 Å². The quantitative estimate of drug-likeness (QED) is 0.163. The van der Waals surface area contributed by atoms with Gasteiger partial charge in [0.1, 0.15) is 0 Å². The summed E-state index contributed by atoms with van der Waals surface area (Å²) < 4.78 is 7.05. The van der Waals surface area contributed by atoms with Crippen molar-refractivity contribution in [2.24, 2.45) is 0 Å². The maximum atomic E-state index is 11.3. The molecule has 0 aliphatic rings. The molecule has 0 saturated carbocycles. The fourth-order valence-electron chi connectivity index (χ4n) is 4.20. The molecule has 2 heterocycles. The first-order valence-electron chi connectivity index (χ1n) is 12.4. The van der Waals surface area contributed by atoms with Crippen molar-refractivity contribution in [3.05, 3.63) is 84.8 Å². The summed E-state index contributed by atoms with van der Waals surface area (Å²) in [7, 11) is 1.43. The van der Waals surface area contributed by atoms with Gasteiger partial charge in [0.15, 0.2) is 0 Å². The fourth-order valence-corrected chi connectivity index (χ4v) is 5.04. The van der Waals surface area contributed by atoms with Gasteiger partial charge in [-0.2, -0.15) is 11.8 Å². The molecule has 0 aliphatic heterocycles. The van der Waals surface area contributed by atoms with Crippen LogP contribution in [0.15, 0.2) is 79.1 Å². The molecule has 4 rings (SSSR count). The number of thioether (sulfide) groups is 1. The van der Waals surface area contributed by atoms with Gasteiger partial charge in [0.2, 0.25) is 0 Å². The van der Waals surface area contributed by atoms with Crippen molar-refractivity contribution in [3.63, 3.8) is 0 Å². The molecule has 4 aromatic rings. The molecule has 0 aliphatic carbocycles. The van der Waals surface area contributed by atoms with Gasteiger partial charge in [0.05, 0.1) is 36.1 Å². The highest BCUT2D eigenvalue weighted by atomic mass is 32.2. The number of benzene rings is 2. The van der Waals surface area contributed by atoms with Gasteiger partial charge in [-0.15, -0.1) is 0 Å². The molecule has 0 bridgehead atoms. The summed E-state index contributed by atoms with van der Waals surface area (Å²) in [5.41, 5.74) is 7.15. The molecule has 0 unspecified atom stereocenters. The van der Waals surface area contributed by atoms with Gasteiger partial charge in [-0.3, -0.25) is 9.78 Å². The minimum absolute atomic E-state index is 0.160. The molecule has 36 heavy (non-hydrogen) atoms. The van der Waals surface area contributed by atoms with Gasteiger partial charge in [0.25, 0.3) is 0 Å². The number of carbonyl (C=O) groups excluding carboxylic acids is 1. The van der Waals surface area contributed by atoms with Gasteiger partial charge in [-0.05, 0) is 44.9 Å². The van der Waals surface area contributed by atoms with E-state index in [4.69, 9.17) is 14.7 Å². The zero-order valence-corrected chi connectivity index (χ0v) is 22.0. The SMILES string of the molecule is COC(=O)CSCCCCc1cc(-c2cnc(-c3ccccc3)c(-c3ccccc3)n2)cn1C(C)C. The predicted octanol–water partition coefficient (Wildman–Crippen LogP) is 7.09. The van der Waals surface area contributed by atoms with E-state index in [-0.39, 0.29) is 5.97 Å². The average molecular weight is 500 g/mol. The topological polar surface area (TPSA) is 57.0 Å². The first-order valence-corrected chi connectivity index (χ1v) is 13.6. The van der Waals surface area contributed by atoms with E-state index in [0.29, 0.717) is 11.8 Å². The van der Waals surface area contributed by atoms with E-state index in [0.717, 1.165) is 58.8 Å². The van der Waals surface area contributed by atoms with Crippen LogP contribution in [0.2, 0.25) is 0 Å². The third kappa shape index (κ3) is 6.43. The summed E-state index contributed by atoms with van der Waals surface area (Å²) in [6, 6.07) is 23.1. The molecule has 0 N–H and O–H groups in total. The monoisotopic (exact) mass is 499 g/mol. The van der Waals surface area contributed by atoms with Crippen molar-refractivity contribution >= 4 is 17.7 Å². The molecule has 0 atom stereocenters. The fraction of sp³-hybridized carbons (Fsp3) is 0.300. The zero-order valence-electron chi connectivity index (χ0n) is 21.2. The number of nitrogens with zero attached hydrogens (tertiary/aromatic N) is 3. The van der Waals surface area contributed by atoms with Crippen LogP contribution in [0.5, 0.6) is 0 Å². The van der Waals surface area contributed by atoms with Gasteiger partial charge >= 0.3 is 5.97 Å². The van der Waals surface area contributed by atoms with E-state index < -0.39 is 0 Å². The molecular weight excluding hydrogens is 466 g/mol. The second-order valence-corrected chi connectivity index (χ2v) is 10.1. The number of hydrogen-bond acceptors (Lipinski definition) is 5. The first-order chi connectivity index (χ1) is 17.6. The van der Waals surface area contributed by atoms with Crippen molar-refractivity contribution < 1.29 is 9.53 Å². The standard InChI is InChI=1S/C30H33N3O2S/c1-22(2)33-20-25(18-26(33)16-10-11-17-36-21-28(34)35-3)27-19-31-29(23-12-6-4-7-13-23)30(32-27)24-14-8-5-9-15-24/h4-9,12-15,18-20,22H,10-11,16-17,21H2,1-3H3. The van der Waals surface area contributed by atoms with Crippen LogP contribution in [0.4, 0.5) is 0 Å². The Kier molecular flexibility index (Phi) is 8.95. The molecule has 5 nitrogen and oxygen atoms in total. The Bertz CT molecular complexity index is 1270. The van der Waals surface area contributed by atoms with Crippen LogP contribution in [0.25, 0.3) is 33.8 Å². The number of carbonyl (C=O) groups is 1. The minimum atomic E-state index is -0.160.